The maximum atomic E-state index is 3.59. The van der Waals surface area contributed by atoms with Crippen molar-refractivity contribution in [3.8, 4) is 0 Å². The molecule has 0 aromatic carbocycles. The molecule has 1 heterocycles. The van der Waals surface area contributed by atoms with Crippen molar-refractivity contribution in [1.82, 2.24) is 5.32 Å². The third kappa shape index (κ3) is 4.49. The third-order valence-corrected chi connectivity index (χ3v) is 3.92. The molecule has 3 heteroatoms. The zero-order chi connectivity index (χ0) is 10.2. The number of thiophene rings is 1. The molecule has 0 amide bonds. The fourth-order valence-corrected chi connectivity index (χ4v) is 2.84. The zero-order valence-electron chi connectivity index (χ0n) is 8.95. The molecule has 0 aliphatic rings. The van der Waals surface area contributed by atoms with Crippen molar-refractivity contribution in [1.29, 1.82) is 0 Å². The molecule has 0 saturated heterocycles. The molecule has 80 valence electrons. The topological polar surface area (TPSA) is 12.0 Å². The number of thioether (sulfide) groups is 1. The average Bonchev–Trinajstić information content (AvgIpc) is 2.69. The van der Waals surface area contributed by atoms with Gasteiger partial charge in [-0.25, -0.2) is 0 Å². The van der Waals surface area contributed by atoms with E-state index in [4.69, 9.17) is 0 Å². The van der Waals surface area contributed by atoms with E-state index in [1.165, 1.54) is 23.5 Å². The summed E-state index contributed by atoms with van der Waals surface area (Å²) in [5.74, 6) is 1.22. The lowest BCUT2D eigenvalue weighted by Gasteiger charge is -2.14. The Labute approximate surface area is 95.3 Å². The maximum absolute atomic E-state index is 3.59. The van der Waals surface area contributed by atoms with Crippen LogP contribution in [-0.4, -0.2) is 24.6 Å². The van der Waals surface area contributed by atoms with E-state index >= 15 is 0 Å². The van der Waals surface area contributed by atoms with Gasteiger partial charge in [0.05, 0.1) is 0 Å². The van der Waals surface area contributed by atoms with Crippen LogP contribution >= 0.6 is 23.1 Å². The summed E-state index contributed by atoms with van der Waals surface area (Å²) in [7, 11) is 0. The number of hydrogen-bond donors (Lipinski definition) is 1. The summed E-state index contributed by atoms with van der Waals surface area (Å²) in [5, 5.41) is 5.74. The van der Waals surface area contributed by atoms with Gasteiger partial charge in [-0.05, 0) is 30.5 Å². The Morgan fingerprint density at radius 1 is 1.57 bits per heavy atom. The van der Waals surface area contributed by atoms with Gasteiger partial charge < -0.3 is 5.32 Å². The molecule has 1 atom stereocenters. The lowest BCUT2D eigenvalue weighted by molar-refractivity contribution is 0.545. The number of hydrogen-bond acceptors (Lipinski definition) is 3. The summed E-state index contributed by atoms with van der Waals surface area (Å²) in [6, 6.07) is 5.02. The molecule has 1 N–H and O–H groups in total. The first-order valence-electron chi connectivity index (χ1n) is 5.11. The van der Waals surface area contributed by atoms with Gasteiger partial charge in [0.1, 0.15) is 0 Å². The summed E-state index contributed by atoms with van der Waals surface area (Å²) in [6.07, 6.45) is 4.57. The predicted octanol–water partition coefficient (Wildman–Crippen LogP) is 3.02. The lowest BCUT2D eigenvalue weighted by Crippen LogP contribution is -2.32. The zero-order valence-corrected chi connectivity index (χ0v) is 10.6. The molecule has 0 aliphatic carbocycles. The smallest absolute Gasteiger partial charge is 0.0155 e. The van der Waals surface area contributed by atoms with E-state index in [1.807, 2.05) is 23.1 Å². The fourth-order valence-electron chi connectivity index (χ4n) is 1.38. The minimum atomic E-state index is 0.685. The summed E-state index contributed by atoms with van der Waals surface area (Å²) in [4.78, 5) is 1.48. The molecular weight excluding hydrogens is 210 g/mol. The lowest BCUT2D eigenvalue weighted by atomic mass is 10.2. The Morgan fingerprint density at radius 3 is 3.00 bits per heavy atom. The maximum Gasteiger partial charge on any atom is 0.0155 e. The summed E-state index contributed by atoms with van der Waals surface area (Å²) < 4.78 is 0. The molecule has 1 nitrogen and oxygen atoms in total. The second-order valence-corrected chi connectivity index (χ2v) is 5.29. The average molecular weight is 229 g/mol. The molecular formula is C11H19NS2. The van der Waals surface area contributed by atoms with Crippen LogP contribution in [0.5, 0.6) is 0 Å². The molecule has 1 aromatic heterocycles. The van der Waals surface area contributed by atoms with Gasteiger partial charge in [-0.2, -0.15) is 11.8 Å². The fraction of sp³-hybridized carbons (Fsp3) is 0.636. The minimum Gasteiger partial charge on any atom is -0.313 e. The van der Waals surface area contributed by atoms with Gasteiger partial charge in [0.2, 0.25) is 0 Å². The quantitative estimate of drug-likeness (QED) is 0.771. The Balaban J connectivity index is 2.13. The van der Waals surface area contributed by atoms with Crippen LogP contribution < -0.4 is 5.32 Å². The van der Waals surface area contributed by atoms with Crippen LogP contribution in [0.4, 0.5) is 0 Å². The minimum absolute atomic E-state index is 0.685. The molecule has 0 spiro atoms. The first-order valence-corrected chi connectivity index (χ1v) is 7.38. The molecule has 0 radical (unpaired) electrons. The van der Waals surface area contributed by atoms with E-state index in [-0.39, 0.29) is 0 Å². The molecule has 1 rings (SSSR count). The highest BCUT2D eigenvalue weighted by molar-refractivity contribution is 7.98. The highest BCUT2D eigenvalue weighted by Gasteiger charge is 2.03. The van der Waals surface area contributed by atoms with Crippen LogP contribution in [0, 0.1) is 0 Å². The SMILES string of the molecule is CCC(CSC)NCCc1cccs1. The van der Waals surface area contributed by atoms with Gasteiger partial charge in [0, 0.05) is 23.2 Å². The summed E-state index contributed by atoms with van der Waals surface area (Å²) in [6.45, 7) is 3.36. The highest BCUT2D eigenvalue weighted by atomic mass is 32.2. The molecule has 1 aromatic rings. The van der Waals surface area contributed by atoms with Crippen molar-refractivity contribution in [2.45, 2.75) is 25.8 Å². The van der Waals surface area contributed by atoms with E-state index in [2.05, 4.69) is 36.0 Å². The predicted molar refractivity (Wildman–Crippen MR) is 68.5 cm³/mol. The standard InChI is InChI=1S/C11H19NS2/c1-3-10(9-13-2)12-7-6-11-5-4-8-14-11/h4-5,8,10,12H,3,6-7,9H2,1-2H3. The van der Waals surface area contributed by atoms with Crippen LogP contribution in [0.2, 0.25) is 0 Å². The number of nitrogens with one attached hydrogen (secondary N) is 1. The summed E-state index contributed by atoms with van der Waals surface area (Å²) in [5.41, 5.74) is 0. The van der Waals surface area contributed by atoms with Crippen molar-refractivity contribution in [2.24, 2.45) is 0 Å². The van der Waals surface area contributed by atoms with Gasteiger partial charge in [-0.1, -0.05) is 13.0 Å². The Bertz CT molecular complexity index is 221. The van der Waals surface area contributed by atoms with Gasteiger partial charge in [-0.3, -0.25) is 0 Å². The van der Waals surface area contributed by atoms with E-state index in [9.17, 15) is 0 Å². The molecule has 14 heavy (non-hydrogen) atoms. The van der Waals surface area contributed by atoms with E-state index < -0.39 is 0 Å². The van der Waals surface area contributed by atoms with Crippen molar-refractivity contribution < 1.29 is 0 Å². The van der Waals surface area contributed by atoms with E-state index in [0.29, 0.717) is 6.04 Å². The van der Waals surface area contributed by atoms with Gasteiger partial charge >= 0.3 is 0 Å². The van der Waals surface area contributed by atoms with Crippen molar-refractivity contribution in [3.63, 3.8) is 0 Å². The Kier molecular flexibility index (Phi) is 6.32. The molecule has 0 fully saturated rings. The molecule has 0 bridgehead atoms. The monoisotopic (exact) mass is 229 g/mol. The van der Waals surface area contributed by atoms with Crippen LogP contribution in [0.3, 0.4) is 0 Å². The van der Waals surface area contributed by atoms with Gasteiger partial charge in [0.15, 0.2) is 0 Å². The largest absolute Gasteiger partial charge is 0.313 e. The van der Waals surface area contributed by atoms with Crippen molar-refractivity contribution in [2.75, 3.05) is 18.6 Å². The van der Waals surface area contributed by atoms with Gasteiger partial charge in [-0.15, -0.1) is 11.3 Å². The normalized spacial score (nSPS) is 13.0. The van der Waals surface area contributed by atoms with E-state index in [0.717, 1.165) is 6.54 Å². The van der Waals surface area contributed by atoms with Crippen LogP contribution in [0.15, 0.2) is 17.5 Å². The van der Waals surface area contributed by atoms with Crippen LogP contribution in [0.25, 0.3) is 0 Å². The highest BCUT2D eigenvalue weighted by Crippen LogP contribution is 2.08. The van der Waals surface area contributed by atoms with Crippen LogP contribution in [0.1, 0.15) is 18.2 Å². The second kappa shape index (κ2) is 7.32. The van der Waals surface area contributed by atoms with Crippen molar-refractivity contribution >= 4 is 23.1 Å². The van der Waals surface area contributed by atoms with Crippen LogP contribution in [-0.2, 0) is 6.42 Å². The first kappa shape index (κ1) is 12.1. The molecule has 1 unspecified atom stereocenters. The third-order valence-electron chi connectivity index (χ3n) is 2.25. The Hall–Kier alpha value is 0.01000. The van der Waals surface area contributed by atoms with E-state index in [1.54, 1.807) is 0 Å². The van der Waals surface area contributed by atoms with Gasteiger partial charge in [0.25, 0.3) is 0 Å². The van der Waals surface area contributed by atoms with Crippen molar-refractivity contribution in [3.05, 3.63) is 22.4 Å². The molecule has 0 aliphatic heterocycles. The Morgan fingerprint density at radius 2 is 2.43 bits per heavy atom. The number of rotatable bonds is 7. The first-order chi connectivity index (χ1) is 6.86. The molecule has 0 saturated carbocycles. The second-order valence-electron chi connectivity index (χ2n) is 3.34. The summed E-state index contributed by atoms with van der Waals surface area (Å²) >= 11 is 3.77.